The maximum absolute atomic E-state index is 5.47. The minimum atomic E-state index is 0.319. The summed E-state index contributed by atoms with van der Waals surface area (Å²) in [6, 6.07) is 0. The fourth-order valence-corrected chi connectivity index (χ4v) is 1.33. The van der Waals surface area contributed by atoms with Crippen molar-refractivity contribution in [1.29, 1.82) is 0 Å². The van der Waals surface area contributed by atoms with E-state index in [0.29, 0.717) is 17.7 Å². The zero-order valence-electron chi connectivity index (χ0n) is 10.3. The average Bonchev–Trinajstić information content (AvgIpc) is 2.09. The van der Waals surface area contributed by atoms with Gasteiger partial charge in [0, 0.05) is 0 Å². The van der Waals surface area contributed by atoms with Crippen LogP contribution in [0.5, 0.6) is 0 Å². The molecule has 0 fully saturated rings. The third-order valence-electron chi connectivity index (χ3n) is 2.69. The minimum absolute atomic E-state index is 0.319. The van der Waals surface area contributed by atoms with Crippen LogP contribution in [-0.4, -0.2) is 7.85 Å². The zero-order chi connectivity index (χ0) is 11.2. The monoisotopic (exact) mass is 190 g/mol. The highest BCUT2D eigenvalue weighted by molar-refractivity contribution is 6.09. The Kier molecular flexibility index (Phi) is 5.91. The molecular weight excluding hydrogens is 167 g/mol. The number of hydrogen-bond donors (Lipinski definition) is 0. The Morgan fingerprint density at radius 1 is 1.36 bits per heavy atom. The molecule has 1 unspecified atom stereocenters. The van der Waals surface area contributed by atoms with Crippen molar-refractivity contribution in [3.8, 4) is 0 Å². The molecule has 0 bridgehead atoms. The highest BCUT2D eigenvalue weighted by Gasteiger charge is 2.21. The molecule has 0 aliphatic rings. The first kappa shape index (κ1) is 13.5. The van der Waals surface area contributed by atoms with E-state index in [4.69, 9.17) is 7.85 Å². The molecule has 2 radical (unpaired) electrons. The Labute approximate surface area is 90.9 Å². The lowest BCUT2D eigenvalue weighted by molar-refractivity contribution is 0.304. The lowest BCUT2D eigenvalue weighted by atomic mass is 9.77. The number of hydrogen-bond acceptors (Lipinski definition) is 0. The van der Waals surface area contributed by atoms with Gasteiger partial charge in [-0.25, -0.2) is 0 Å². The Hall–Kier alpha value is -0.455. The van der Waals surface area contributed by atoms with Crippen LogP contribution in [-0.2, 0) is 0 Å². The molecule has 0 heterocycles. The van der Waals surface area contributed by atoms with Crippen molar-refractivity contribution in [1.82, 2.24) is 0 Å². The first-order chi connectivity index (χ1) is 6.43. The molecule has 0 saturated carbocycles. The van der Waals surface area contributed by atoms with Gasteiger partial charge in [-0.1, -0.05) is 59.2 Å². The molecule has 0 aromatic heterocycles. The molecule has 0 spiro atoms. The van der Waals surface area contributed by atoms with E-state index in [1.807, 2.05) is 6.08 Å². The second-order valence-electron chi connectivity index (χ2n) is 4.84. The molecule has 0 N–H and O–H groups in total. The first-order valence-corrected chi connectivity index (χ1v) is 5.50. The van der Waals surface area contributed by atoms with Crippen LogP contribution in [0.15, 0.2) is 23.8 Å². The molecule has 0 aliphatic carbocycles. The second kappa shape index (κ2) is 6.11. The molecule has 1 heteroatoms. The quantitative estimate of drug-likeness (QED) is 0.461. The standard InChI is InChI=1S/C13H23B/c1-6-8-12(9-7-10-14)11(2)13(3,4)5/h7-9,11H,6,10H2,1-5H3/b9-7-,12-8+. The van der Waals surface area contributed by atoms with Crippen molar-refractivity contribution in [3.05, 3.63) is 23.8 Å². The highest BCUT2D eigenvalue weighted by atomic mass is 14.3. The van der Waals surface area contributed by atoms with E-state index in [1.54, 1.807) is 0 Å². The molecule has 0 saturated heterocycles. The van der Waals surface area contributed by atoms with Gasteiger partial charge in [-0.3, -0.25) is 0 Å². The molecule has 0 aromatic rings. The molecule has 1 atom stereocenters. The topological polar surface area (TPSA) is 0 Å². The predicted octanol–water partition coefficient (Wildman–Crippen LogP) is 4.15. The van der Waals surface area contributed by atoms with Crippen molar-refractivity contribution in [2.45, 2.75) is 47.4 Å². The smallest absolute Gasteiger partial charge is 0.0708 e. The summed E-state index contributed by atoms with van der Waals surface area (Å²) in [6.45, 7) is 11.3. The van der Waals surface area contributed by atoms with E-state index < -0.39 is 0 Å². The Morgan fingerprint density at radius 2 is 1.93 bits per heavy atom. The summed E-state index contributed by atoms with van der Waals surface area (Å²) in [5.74, 6) is 0.574. The van der Waals surface area contributed by atoms with Gasteiger partial charge in [-0.05, 0) is 23.3 Å². The SMILES string of the molecule is [B]C/C=C\C(=C/CC)C(C)C(C)(C)C. The summed E-state index contributed by atoms with van der Waals surface area (Å²) in [5.41, 5.74) is 1.73. The maximum Gasteiger partial charge on any atom is 0.0708 e. The maximum atomic E-state index is 5.47. The lowest BCUT2D eigenvalue weighted by Crippen LogP contribution is -2.18. The van der Waals surface area contributed by atoms with Crippen molar-refractivity contribution < 1.29 is 0 Å². The molecule has 14 heavy (non-hydrogen) atoms. The molecule has 0 amide bonds. The van der Waals surface area contributed by atoms with Gasteiger partial charge in [-0.2, -0.15) is 0 Å². The van der Waals surface area contributed by atoms with Crippen LogP contribution in [0.1, 0.15) is 41.0 Å². The van der Waals surface area contributed by atoms with Crippen molar-refractivity contribution in [2.24, 2.45) is 11.3 Å². The van der Waals surface area contributed by atoms with Crippen molar-refractivity contribution in [3.63, 3.8) is 0 Å². The summed E-state index contributed by atoms with van der Waals surface area (Å²) in [7, 11) is 5.47. The summed E-state index contributed by atoms with van der Waals surface area (Å²) >= 11 is 0. The molecule has 78 valence electrons. The largest absolute Gasteiger partial charge is 0.0929 e. The lowest BCUT2D eigenvalue weighted by Gasteiger charge is -2.28. The van der Waals surface area contributed by atoms with Gasteiger partial charge in [0.15, 0.2) is 0 Å². The van der Waals surface area contributed by atoms with Gasteiger partial charge in [0.05, 0.1) is 7.85 Å². The van der Waals surface area contributed by atoms with Crippen molar-refractivity contribution >= 4 is 7.85 Å². The molecule has 0 aliphatic heterocycles. The van der Waals surface area contributed by atoms with Crippen molar-refractivity contribution in [2.75, 3.05) is 0 Å². The molecule has 0 nitrogen and oxygen atoms in total. The van der Waals surface area contributed by atoms with Gasteiger partial charge in [-0.15, -0.1) is 0 Å². The fraction of sp³-hybridized carbons (Fsp3) is 0.692. The second-order valence-corrected chi connectivity index (χ2v) is 4.84. The predicted molar refractivity (Wildman–Crippen MR) is 66.7 cm³/mol. The summed E-state index contributed by atoms with van der Waals surface area (Å²) in [6.07, 6.45) is 8.20. The van der Waals surface area contributed by atoms with Gasteiger partial charge in [0.2, 0.25) is 0 Å². The van der Waals surface area contributed by atoms with E-state index in [2.05, 4.69) is 46.8 Å². The van der Waals surface area contributed by atoms with E-state index >= 15 is 0 Å². The molecule has 0 aromatic carbocycles. The van der Waals surface area contributed by atoms with Crippen LogP contribution in [0, 0.1) is 11.3 Å². The van der Waals surface area contributed by atoms with Crippen LogP contribution in [0.4, 0.5) is 0 Å². The Bertz CT molecular complexity index is 206. The zero-order valence-corrected chi connectivity index (χ0v) is 10.3. The third kappa shape index (κ3) is 4.69. The van der Waals surface area contributed by atoms with Crippen LogP contribution in [0.3, 0.4) is 0 Å². The molecule has 0 rings (SSSR count). The number of rotatable bonds is 4. The van der Waals surface area contributed by atoms with Crippen LogP contribution < -0.4 is 0 Å². The van der Waals surface area contributed by atoms with Gasteiger partial charge < -0.3 is 0 Å². The minimum Gasteiger partial charge on any atom is -0.0929 e. The summed E-state index contributed by atoms with van der Waals surface area (Å²) in [5, 5.41) is 0. The highest BCUT2D eigenvalue weighted by Crippen LogP contribution is 2.32. The van der Waals surface area contributed by atoms with Crippen LogP contribution in [0.25, 0.3) is 0 Å². The van der Waals surface area contributed by atoms with E-state index in [1.165, 1.54) is 5.57 Å². The van der Waals surface area contributed by atoms with Crippen LogP contribution >= 0.6 is 0 Å². The van der Waals surface area contributed by atoms with Gasteiger partial charge in [0.1, 0.15) is 0 Å². The molecular formula is C13H23B. The Balaban J connectivity index is 4.67. The normalized spacial score (nSPS) is 16.2. The first-order valence-electron chi connectivity index (χ1n) is 5.50. The third-order valence-corrected chi connectivity index (χ3v) is 2.69. The van der Waals surface area contributed by atoms with E-state index in [0.717, 1.165) is 6.42 Å². The van der Waals surface area contributed by atoms with Gasteiger partial charge >= 0.3 is 0 Å². The summed E-state index contributed by atoms with van der Waals surface area (Å²) < 4.78 is 0. The summed E-state index contributed by atoms with van der Waals surface area (Å²) in [4.78, 5) is 0. The average molecular weight is 190 g/mol. The van der Waals surface area contributed by atoms with Gasteiger partial charge in [0.25, 0.3) is 0 Å². The van der Waals surface area contributed by atoms with E-state index in [9.17, 15) is 0 Å². The van der Waals surface area contributed by atoms with Crippen LogP contribution in [0.2, 0.25) is 6.32 Å². The Morgan fingerprint density at radius 3 is 2.29 bits per heavy atom. The number of allylic oxidation sites excluding steroid dienone is 4. The fourth-order valence-electron chi connectivity index (χ4n) is 1.33. The van der Waals surface area contributed by atoms with E-state index in [-0.39, 0.29) is 0 Å².